The molecule has 3 nitrogen and oxygen atoms in total. The zero-order valence-electron chi connectivity index (χ0n) is 6.85. The second-order valence-corrected chi connectivity index (χ2v) is 3.63. The van der Waals surface area contributed by atoms with E-state index in [1.54, 1.807) is 13.1 Å². The van der Waals surface area contributed by atoms with Crippen molar-refractivity contribution < 1.29 is 0 Å². The van der Waals surface area contributed by atoms with Crippen molar-refractivity contribution in [1.82, 2.24) is 9.78 Å². The predicted molar refractivity (Wildman–Crippen MR) is 42.6 cm³/mol. The van der Waals surface area contributed by atoms with Crippen molar-refractivity contribution in [1.29, 1.82) is 0 Å². The van der Waals surface area contributed by atoms with E-state index in [1.807, 2.05) is 0 Å². The molecule has 1 aromatic heterocycles. The lowest BCUT2D eigenvalue weighted by Crippen LogP contribution is -2.10. The van der Waals surface area contributed by atoms with Crippen LogP contribution in [0.2, 0.25) is 0 Å². The van der Waals surface area contributed by atoms with Gasteiger partial charge >= 0.3 is 0 Å². The highest BCUT2D eigenvalue weighted by Gasteiger charge is 2.40. The highest BCUT2D eigenvalue weighted by Crippen LogP contribution is 2.46. The fraction of sp³-hybridized carbons (Fsp3) is 0.625. The van der Waals surface area contributed by atoms with E-state index in [9.17, 15) is 4.79 Å². The maximum Gasteiger partial charge on any atom is 0.266 e. The summed E-state index contributed by atoms with van der Waals surface area (Å²) in [4.78, 5) is 11.0. The molecule has 1 saturated carbocycles. The third-order valence-electron chi connectivity index (χ3n) is 2.54. The van der Waals surface area contributed by atoms with Crippen LogP contribution in [-0.2, 0) is 12.5 Å². The first-order valence-electron chi connectivity index (χ1n) is 3.88. The maximum atomic E-state index is 11.0. The summed E-state index contributed by atoms with van der Waals surface area (Å²) in [6.07, 6.45) is 2.40. The molecule has 2 rings (SSSR count). The predicted octanol–water partition coefficient (Wildman–Crippen LogP) is 0.765. The summed E-state index contributed by atoms with van der Waals surface area (Å²) in [7, 11) is 1.75. The minimum absolute atomic E-state index is 0.0631. The molecule has 1 aromatic rings. The summed E-state index contributed by atoms with van der Waals surface area (Å²) in [5.74, 6) is 0. The van der Waals surface area contributed by atoms with Crippen LogP contribution < -0.4 is 5.56 Å². The first-order valence-corrected chi connectivity index (χ1v) is 3.88. The summed E-state index contributed by atoms with van der Waals surface area (Å²) in [6.45, 7) is 2.18. The molecule has 1 N–H and O–H groups in total. The lowest BCUT2D eigenvalue weighted by atomic mass is 10.1. The Labute approximate surface area is 65.0 Å². The Morgan fingerprint density at radius 3 is 2.64 bits per heavy atom. The van der Waals surface area contributed by atoms with E-state index in [4.69, 9.17) is 0 Å². The molecule has 60 valence electrons. The molecule has 0 aromatic carbocycles. The Morgan fingerprint density at radius 2 is 2.27 bits per heavy atom. The largest absolute Gasteiger partial charge is 0.299 e. The van der Waals surface area contributed by atoms with E-state index in [0.717, 1.165) is 5.69 Å². The Morgan fingerprint density at radius 1 is 1.64 bits per heavy atom. The van der Waals surface area contributed by atoms with Gasteiger partial charge in [0.15, 0.2) is 0 Å². The lowest BCUT2D eigenvalue weighted by molar-refractivity contribution is 0.672. The average molecular weight is 152 g/mol. The molecule has 1 aliphatic rings. The molecular weight excluding hydrogens is 140 g/mol. The Kier molecular flexibility index (Phi) is 1.09. The van der Waals surface area contributed by atoms with Crippen LogP contribution in [0.3, 0.4) is 0 Å². The Balaban J connectivity index is 2.47. The minimum atomic E-state index is 0.0631. The van der Waals surface area contributed by atoms with Gasteiger partial charge in [0.1, 0.15) is 0 Å². The molecule has 0 unspecified atom stereocenters. The molecule has 3 heteroatoms. The van der Waals surface area contributed by atoms with E-state index >= 15 is 0 Å². The van der Waals surface area contributed by atoms with Gasteiger partial charge in [-0.25, -0.2) is 0 Å². The zero-order chi connectivity index (χ0) is 8.06. The third-order valence-corrected chi connectivity index (χ3v) is 2.54. The third kappa shape index (κ3) is 0.914. The van der Waals surface area contributed by atoms with Crippen molar-refractivity contribution in [3.8, 4) is 0 Å². The molecule has 1 heterocycles. The van der Waals surface area contributed by atoms with Crippen LogP contribution in [0.15, 0.2) is 10.9 Å². The number of nitrogens with one attached hydrogen (secondary N) is 1. The van der Waals surface area contributed by atoms with Crippen LogP contribution in [0.4, 0.5) is 0 Å². The van der Waals surface area contributed by atoms with Crippen molar-refractivity contribution in [2.24, 2.45) is 7.05 Å². The summed E-state index contributed by atoms with van der Waals surface area (Å²) in [5, 5.41) is 3.05. The van der Waals surface area contributed by atoms with Crippen LogP contribution in [0.1, 0.15) is 25.5 Å². The number of hydrogen-bond donors (Lipinski definition) is 1. The second kappa shape index (κ2) is 1.78. The molecule has 0 aliphatic heterocycles. The molecule has 1 aliphatic carbocycles. The quantitative estimate of drug-likeness (QED) is 0.634. The standard InChI is InChI=1S/C8H12N2O/c1-8(3-4-8)6-5-7(11)10(2)9-6/h5,9H,3-4H2,1-2H3. The number of hydrogen-bond acceptors (Lipinski definition) is 1. The van der Waals surface area contributed by atoms with E-state index in [1.165, 1.54) is 17.5 Å². The first kappa shape index (κ1) is 6.70. The van der Waals surface area contributed by atoms with Crippen LogP contribution in [0.5, 0.6) is 0 Å². The monoisotopic (exact) mass is 152 g/mol. The molecule has 1 fully saturated rings. The van der Waals surface area contributed by atoms with Crippen LogP contribution in [0.25, 0.3) is 0 Å². The molecule has 0 amide bonds. The van der Waals surface area contributed by atoms with Gasteiger partial charge in [-0.1, -0.05) is 6.92 Å². The van der Waals surface area contributed by atoms with Crippen molar-refractivity contribution >= 4 is 0 Å². The smallest absolute Gasteiger partial charge is 0.266 e. The Hall–Kier alpha value is -0.990. The van der Waals surface area contributed by atoms with Crippen molar-refractivity contribution in [3.05, 3.63) is 22.1 Å². The average Bonchev–Trinajstić information content (AvgIpc) is 2.59. The van der Waals surface area contributed by atoms with Gasteiger partial charge < -0.3 is 0 Å². The van der Waals surface area contributed by atoms with Crippen molar-refractivity contribution in [2.75, 3.05) is 0 Å². The van der Waals surface area contributed by atoms with E-state index in [-0.39, 0.29) is 11.0 Å². The van der Waals surface area contributed by atoms with Gasteiger partial charge in [0, 0.05) is 24.2 Å². The minimum Gasteiger partial charge on any atom is -0.299 e. The Bertz CT molecular complexity index is 330. The van der Waals surface area contributed by atoms with Crippen molar-refractivity contribution in [2.45, 2.75) is 25.2 Å². The zero-order valence-corrected chi connectivity index (χ0v) is 6.85. The number of aromatic amines is 1. The van der Waals surface area contributed by atoms with Gasteiger partial charge in [0.2, 0.25) is 0 Å². The summed E-state index contributed by atoms with van der Waals surface area (Å²) in [6, 6.07) is 1.70. The molecular formula is C8H12N2O. The normalized spacial score (nSPS) is 20.2. The van der Waals surface area contributed by atoms with Crippen LogP contribution >= 0.6 is 0 Å². The number of aromatic nitrogens is 2. The number of nitrogens with zero attached hydrogens (tertiary/aromatic N) is 1. The lowest BCUT2D eigenvalue weighted by Gasteiger charge is -2.02. The van der Waals surface area contributed by atoms with Crippen LogP contribution in [-0.4, -0.2) is 9.78 Å². The summed E-state index contributed by atoms with van der Waals surface area (Å²) < 4.78 is 1.53. The highest BCUT2D eigenvalue weighted by atomic mass is 16.1. The van der Waals surface area contributed by atoms with Gasteiger partial charge in [0.05, 0.1) is 0 Å². The SMILES string of the molecule is Cn1[nH]c(C2(C)CC2)cc1=O. The molecule has 0 radical (unpaired) electrons. The topological polar surface area (TPSA) is 37.8 Å². The van der Waals surface area contributed by atoms with Gasteiger partial charge in [-0.2, -0.15) is 0 Å². The second-order valence-electron chi connectivity index (χ2n) is 3.63. The number of aryl methyl sites for hydroxylation is 1. The van der Waals surface area contributed by atoms with Crippen molar-refractivity contribution in [3.63, 3.8) is 0 Å². The number of H-pyrrole nitrogens is 1. The molecule has 0 saturated heterocycles. The van der Waals surface area contributed by atoms with E-state index in [2.05, 4.69) is 12.0 Å². The first-order chi connectivity index (χ1) is 5.12. The van der Waals surface area contributed by atoms with Gasteiger partial charge in [-0.3, -0.25) is 14.6 Å². The van der Waals surface area contributed by atoms with E-state index < -0.39 is 0 Å². The van der Waals surface area contributed by atoms with Crippen LogP contribution in [0, 0.1) is 0 Å². The fourth-order valence-corrected chi connectivity index (χ4v) is 1.25. The van der Waals surface area contributed by atoms with Gasteiger partial charge in [-0.05, 0) is 12.8 Å². The summed E-state index contributed by atoms with van der Waals surface area (Å²) in [5.41, 5.74) is 1.43. The highest BCUT2D eigenvalue weighted by molar-refractivity contribution is 5.21. The van der Waals surface area contributed by atoms with E-state index in [0.29, 0.717) is 0 Å². The van der Waals surface area contributed by atoms with Gasteiger partial charge in [-0.15, -0.1) is 0 Å². The molecule has 0 bridgehead atoms. The fourth-order valence-electron chi connectivity index (χ4n) is 1.25. The summed E-state index contributed by atoms with van der Waals surface area (Å²) >= 11 is 0. The molecule has 11 heavy (non-hydrogen) atoms. The maximum absolute atomic E-state index is 11.0. The molecule has 0 atom stereocenters. The van der Waals surface area contributed by atoms with Gasteiger partial charge in [0.25, 0.3) is 5.56 Å². The molecule has 0 spiro atoms. The number of rotatable bonds is 1.